The van der Waals surface area contributed by atoms with Gasteiger partial charge in [0.25, 0.3) is 5.91 Å². The topological polar surface area (TPSA) is 119 Å². The summed E-state index contributed by atoms with van der Waals surface area (Å²) in [6.07, 6.45) is 1.40. The van der Waals surface area contributed by atoms with E-state index < -0.39 is 44.6 Å². The highest BCUT2D eigenvalue weighted by atomic mass is 32.2. The number of urea groups is 1. The van der Waals surface area contributed by atoms with E-state index in [0.29, 0.717) is 18.4 Å². The Balaban J connectivity index is 2.17. The fourth-order valence-electron chi connectivity index (χ4n) is 3.53. The Bertz CT molecular complexity index is 941. The van der Waals surface area contributed by atoms with E-state index >= 15 is 0 Å². The van der Waals surface area contributed by atoms with E-state index in [0.717, 1.165) is 5.56 Å². The molecule has 0 aliphatic heterocycles. The number of nitrogens with one attached hydrogen (secondary N) is 2. The van der Waals surface area contributed by atoms with Gasteiger partial charge in [-0.1, -0.05) is 25.0 Å². The molecule has 0 unspecified atom stereocenters. The standard InChI is InChI=1S/C21H30N2O6S/c1-14-8-9-15(2)16(12-14)30(27,28)21(10-6-7-11-21)18(25)29-13-17(24)22-19(26)23-20(3,4)5/h8-9,12H,6-7,10-11,13H2,1-5H3,(H2,22,23,24,26). The molecule has 2 rings (SSSR count). The predicted molar refractivity (Wildman–Crippen MR) is 112 cm³/mol. The van der Waals surface area contributed by atoms with Crippen LogP contribution < -0.4 is 10.6 Å². The van der Waals surface area contributed by atoms with E-state index in [4.69, 9.17) is 4.74 Å². The van der Waals surface area contributed by atoms with E-state index in [1.165, 1.54) is 0 Å². The van der Waals surface area contributed by atoms with Gasteiger partial charge in [0.2, 0.25) is 0 Å². The average Bonchev–Trinajstić information content (AvgIpc) is 3.11. The number of ether oxygens (including phenoxy) is 1. The van der Waals surface area contributed by atoms with Crippen molar-refractivity contribution in [1.29, 1.82) is 0 Å². The van der Waals surface area contributed by atoms with Gasteiger partial charge in [-0.05, 0) is 64.7 Å². The predicted octanol–water partition coefficient (Wildman–Crippen LogP) is 2.56. The summed E-state index contributed by atoms with van der Waals surface area (Å²) in [4.78, 5) is 36.8. The Morgan fingerprint density at radius 1 is 1.10 bits per heavy atom. The monoisotopic (exact) mass is 438 g/mol. The van der Waals surface area contributed by atoms with Crippen molar-refractivity contribution in [3.05, 3.63) is 29.3 Å². The van der Waals surface area contributed by atoms with Crippen molar-refractivity contribution in [1.82, 2.24) is 10.6 Å². The van der Waals surface area contributed by atoms with Crippen molar-refractivity contribution in [2.45, 2.75) is 75.5 Å². The number of hydrogen-bond acceptors (Lipinski definition) is 6. The highest BCUT2D eigenvalue weighted by Crippen LogP contribution is 2.42. The highest BCUT2D eigenvalue weighted by Gasteiger charge is 2.54. The minimum Gasteiger partial charge on any atom is -0.454 e. The molecule has 0 aromatic heterocycles. The lowest BCUT2D eigenvalue weighted by atomic mass is 10.1. The molecule has 0 saturated heterocycles. The fraction of sp³-hybridized carbons (Fsp3) is 0.571. The van der Waals surface area contributed by atoms with Gasteiger partial charge in [-0.3, -0.25) is 14.9 Å². The van der Waals surface area contributed by atoms with Crippen LogP contribution in [0.2, 0.25) is 0 Å². The van der Waals surface area contributed by atoms with E-state index in [1.54, 1.807) is 52.8 Å². The van der Waals surface area contributed by atoms with Gasteiger partial charge >= 0.3 is 12.0 Å². The quantitative estimate of drug-likeness (QED) is 0.682. The van der Waals surface area contributed by atoms with Gasteiger partial charge < -0.3 is 10.1 Å². The first kappa shape index (κ1) is 23.9. The van der Waals surface area contributed by atoms with Crippen LogP contribution in [0.25, 0.3) is 0 Å². The lowest BCUT2D eigenvalue weighted by molar-refractivity contribution is -0.150. The molecule has 1 saturated carbocycles. The molecule has 2 N–H and O–H groups in total. The molecule has 8 nitrogen and oxygen atoms in total. The molecule has 1 aliphatic rings. The SMILES string of the molecule is Cc1ccc(C)c(S(=O)(=O)C2(C(=O)OCC(=O)NC(=O)NC(C)(C)C)CCCC2)c1. The van der Waals surface area contributed by atoms with Gasteiger partial charge in [-0.2, -0.15) is 0 Å². The van der Waals surface area contributed by atoms with Crippen molar-refractivity contribution in [2.24, 2.45) is 0 Å². The summed E-state index contributed by atoms with van der Waals surface area (Å²) in [6, 6.07) is 4.35. The molecule has 1 fully saturated rings. The van der Waals surface area contributed by atoms with Crippen LogP contribution in [0, 0.1) is 13.8 Å². The Labute approximate surface area is 177 Å². The van der Waals surface area contributed by atoms with Crippen molar-refractivity contribution >= 4 is 27.7 Å². The van der Waals surface area contributed by atoms with Crippen molar-refractivity contribution < 1.29 is 27.5 Å². The molecule has 1 aliphatic carbocycles. The number of carbonyl (C=O) groups is 3. The van der Waals surface area contributed by atoms with Crippen LogP contribution in [0.3, 0.4) is 0 Å². The van der Waals surface area contributed by atoms with Gasteiger partial charge in [-0.25, -0.2) is 13.2 Å². The first-order chi connectivity index (χ1) is 13.8. The Morgan fingerprint density at radius 3 is 2.27 bits per heavy atom. The summed E-state index contributed by atoms with van der Waals surface area (Å²) in [5, 5.41) is 4.62. The highest BCUT2D eigenvalue weighted by molar-refractivity contribution is 7.93. The Hall–Kier alpha value is -2.42. The molecule has 1 aromatic rings. The largest absolute Gasteiger partial charge is 0.454 e. The minimum absolute atomic E-state index is 0.107. The molecular formula is C21H30N2O6S. The second-order valence-corrected chi connectivity index (χ2v) is 11.0. The fourth-order valence-corrected chi connectivity index (χ4v) is 5.89. The second kappa shape index (κ2) is 8.75. The zero-order valence-corrected chi connectivity index (χ0v) is 18.9. The van der Waals surface area contributed by atoms with Crippen molar-refractivity contribution in [3.8, 4) is 0 Å². The Morgan fingerprint density at radius 2 is 1.70 bits per heavy atom. The summed E-state index contributed by atoms with van der Waals surface area (Å²) in [7, 11) is -4.03. The molecule has 0 radical (unpaired) electrons. The average molecular weight is 439 g/mol. The normalized spacial score (nSPS) is 16.0. The van der Waals surface area contributed by atoms with Crippen LogP contribution in [-0.2, 0) is 24.2 Å². The van der Waals surface area contributed by atoms with Crippen LogP contribution in [0.15, 0.2) is 23.1 Å². The smallest absolute Gasteiger partial charge is 0.328 e. The number of hydrogen-bond donors (Lipinski definition) is 2. The third-order valence-corrected chi connectivity index (χ3v) is 7.63. The molecule has 3 amide bonds. The zero-order valence-electron chi connectivity index (χ0n) is 18.1. The van der Waals surface area contributed by atoms with Crippen LogP contribution in [0.1, 0.15) is 57.6 Å². The number of amides is 3. The molecule has 166 valence electrons. The van der Waals surface area contributed by atoms with Crippen LogP contribution in [-0.4, -0.2) is 43.2 Å². The van der Waals surface area contributed by atoms with Crippen LogP contribution in [0.5, 0.6) is 0 Å². The van der Waals surface area contributed by atoms with Gasteiger partial charge in [0, 0.05) is 5.54 Å². The van der Waals surface area contributed by atoms with Gasteiger partial charge in [0.1, 0.15) is 0 Å². The maximum Gasteiger partial charge on any atom is 0.328 e. The van der Waals surface area contributed by atoms with Crippen molar-refractivity contribution in [2.75, 3.05) is 6.61 Å². The maximum absolute atomic E-state index is 13.5. The maximum atomic E-state index is 13.5. The first-order valence-corrected chi connectivity index (χ1v) is 11.4. The van der Waals surface area contributed by atoms with Crippen molar-refractivity contribution in [3.63, 3.8) is 0 Å². The van der Waals surface area contributed by atoms with Crippen LogP contribution in [0.4, 0.5) is 4.79 Å². The van der Waals surface area contributed by atoms with Gasteiger partial charge in [0.15, 0.2) is 21.2 Å². The molecule has 0 atom stereocenters. The number of rotatable bonds is 5. The van der Waals surface area contributed by atoms with Gasteiger partial charge in [0.05, 0.1) is 4.90 Å². The second-order valence-electron chi connectivity index (χ2n) is 8.80. The number of esters is 1. The molecular weight excluding hydrogens is 408 g/mol. The summed E-state index contributed by atoms with van der Waals surface area (Å²) < 4.78 is 30.3. The van der Waals surface area contributed by atoms with E-state index in [2.05, 4.69) is 10.6 Å². The third-order valence-electron chi connectivity index (χ3n) is 5.01. The minimum atomic E-state index is -4.03. The van der Waals surface area contributed by atoms with Crippen LogP contribution >= 0.6 is 0 Å². The summed E-state index contributed by atoms with van der Waals surface area (Å²) in [6.45, 7) is 7.98. The van der Waals surface area contributed by atoms with E-state index in [9.17, 15) is 22.8 Å². The lowest BCUT2D eigenvalue weighted by Gasteiger charge is -2.27. The number of aryl methyl sites for hydroxylation is 2. The van der Waals surface area contributed by atoms with E-state index in [-0.39, 0.29) is 17.7 Å². The molecule has 0 bridgehead atoms. The summed E-state index contributed by atoms with van der Waals surface area (Å²) >= 11 is 0. The number of benzene rings is 1. The molecule has 0 heterocycles. The molecule has 1 aromatic carbocycles. The number of imide groups is 1. The number of sulfone groups is 1. The molecule has 0 spiro atoms. The zero-order chi connectivity index (χ0) is 22.7. The van der Waals surface area contributed by atoms with Gasteiger partial charge in [-0.15, -0.1) is 0 Å². The van der Waals surface area contributed by atoms with E-state index in [1.807, 2.05) is 0 Å². The summed E-state index contributed by atoms with van der Waals surface area (Å²) in [5.41, 5.74) is 0.774. The molecule has 9 heteroatoms. The Kier molecular flexibility index (Phi) is 6.96. The first-order valence-electron chi connectivity index (χ1n) is 9.90. The number of carbonyl (C=O) groups excluding carboxylic acids is 3. The molecule has 30 heavy (non-hydrogen) atoms. The third kappa shape index (κ3) is 5.19. The summed E-state index contributed by atoms with van der Waals surface area (Å²) in [5.74, 6) is -1.78. The lowest BCUT2D eigenvalue weighted by Crippen LogP contribution is -2.50.